The quantitative estimate of drug-likeness (QED) is 0.604. The number of hydrogen-bond donors (Lipinski definition) is 2. The van der Waals surface area contributed by atoms with Crippen LogP contribution in [0.25, 0.3) is 10.9 Å². The van der Waals surface area contributed by atoms with Crippen molar-refractivity contribution in [1.29, 1.82) is 0 Å². The molecule has 2 N–H and O–H groups in total. The lowest BCUT2D eigenvalue weighted by Crippen LogP contribution is -2.34. The molecule has 0 aliphatic carbocycles. The number of carboxylic acids is 1. The van der Waals surface area contributed by atoms with E-state index >= 15 is 0 Å². The monoisotopic (exact) mass is 392 g/mol. The van der Waals surface area contributed by atoms with Crippen molar-refractivity contribution in [3.05, 3.63) is 75.8 Å². The molecule has 7 nitrogen and oxygen atoms in total. The normalized spacial score (nSPS) is 11.9. The number of carboxylic acid groups (broad SMARTS) is 1. The Bertz CT molecular complexity index is 1070. The predicted octanol–water partition coefficient (Wildman–Crippen LogP) is 1.55. The van der Waals surface area contributed by atoms with Gasteiger partial charge in [0.2, 0.25) is 5.91 Å². The average molecular weight is 392 g/mol. The zero-order valence-corrected chi connectivity index (χ0v) is 16.1. The largest absolute Gasteiger partial charge is 0.550 e. The van der Waals surface area contributed by atoms with E-state index in [4.69, 9.17) is 0 Å². The maximum absolute atomic E-state index is 12.3. The molecule has 3 rings (SSSR count). The first-order valence-electron chi connectivity index (χ1n) is 9.46. The molecule has 3 aromatic rings. The lowest BCUT2D eigenvalue weighted by molar-refractivity contribution is -0.306. The van der Waals surface area contributed by atoms with Gasteiger partial charge in [0.05, 0.1) is 16.9 Å². The van der Waals surface area contributed by atoms with Crippen molar-refractivity contribution in [3.63, 3.8) is 0 Å². The van der Waals surface area contributed by atoms with Crippen molar-refractivity contribution in [2.45, 2.75) is 38.6 Å². The van der Waals surface area contributed by atoms with Crippen LogP contribution >= 0.6 is 0 Å². The molecule has 0 aliphatic heterocycles. The van der Waals surface area contributed by atoms with Gasteiger partial charge in [-0.05, 0) is 31.0 Å². The lowest BCUT2D eigenvalue weighted by atomic mass is 10.0. The van der Waals surface area contributed by atoms with Gasteiger partial charge in [0.1, 0.15) is 5.82 Å². The van der Waals surface area contributed by atoms with Crippen molar-refractivity contribution in [3.8, 4) is 0 Å². The van der Waals surface area contributed by atoms with E-state index in [0.29, 0.717) is 35.1 Å². The van der Waals surface area contributed by atoms with Gasteiger partial charge in [-0.1, -0.05) is 42.0 Å². The minimum atomic E-state index is -1.23. The molecule has 0 radical (unpaired) electrons. The fourth-order valence-electron chi connectivity index (χ4n) is 3.15. The van der Waals surface area contributed by atoms with E-state index in [-0.39, 0.29) is 24.3 Å². The van der Waals surface area contributed by atoms with E-state index in [0.717, 1.165) is 5.56 Å². The number of nitrogens with zero attached hydrogens (tertiary/aromatic N) is 1. The van der Waals surface area contributed by atoms with Gasteiger partial charge in [-0.2, -0.15) is 0 Å². The lowest BCUT2D eigenvalue weighted by Gasteiger charge is -2.20. The molecule has 0 spiro atoms. The highest BCUT2D eigenvalue weighted by atomic mass is 16.4. The van der Waals surface area contributed by atoms with Gasteiger partial charge in [0, 0.05) is 25.2 Å². The van der Waals surface area contributed by atoms with Gasteiger partial charge in [-0.15, -0.1) is 0 Å². The van der Waals surface area contributed by atoms with E-state index in [1.54, 1.807) is 30.3 Å². The number of rotatable bonds is 8. The molecule has 150 valence electrons. The van der Waals surface area contributed by atoms with Crippen LogP contribution in [0.3, 0.4) is 0 Å². The van der Waals surface area contributed by atoms with Crippen LogP contribution in [0.4, 0.5) is 0 Å². The highest BCUT2D eigenvalue weighted by Gasteiger charge is 2.15. The second-order valence-corrected chi connectivity index (χ2v) is 6.99. The van der Waals surface area contributed by atoms with Crippen LogP contribution in [0.5, 0.6) is 0 Å². The summed E-state index contributed by atoms with van der Waals surface area (Å²) in [5.41, 5.74) is 2.17. The number of aromatic amines is 1. The molecule has 0 unspecified atom stereocenters. The van der Waals surface area contributed by atoms with Gasteiger partial charge in [0.25, 0.3) is 5.56 Å². The Morgan fingerprint density at radius 2 is 1.86 bits per heavy atom. The summed E-state index contributed by atoms with van der Waals surface area (Å²) in [5, 5.41) is 14.3. The highest BCUT2D eigenvalue weighted by Crippen LogP contribution is 2.18. The number of fused-ring (bicyclic) bond motifs is 1. The number of para-hydroxylation sites is 1. The molecular weight excluding hydrogens is 370 g/mol. The summed E-state index contributed by atoms with van der Waals surface area (Å²) in [6.07, 6.45) is 0.794. The molecule has 1 aromatic heterocycles. The minimum absolute atomic E-state index is 0.186. The van der Waals surface area contributed by atoms with Gasteiger partial charge in [-0.25, -0.2) is 4.98 Å². The summed E-state index contributed by atoms with van der Waals surface area (Å²) in [7, 11) is 0. The number of aliphatic carboxylic acids is 1. The molecule has 0 saturated carbocycles. The van der Waals surface area contributed by atoms with E-state index in [9.17, 15) is 19.5 Å². The highest BCUT2D eigenvalue weighted by molar-refractivity contribution is 5.78. The summed E-state index contributed by atoms with van der Waals surface area (Å²) < 4.78 is 0. The van der Waals surface area contributed by atoms with Crippen molar-refractivity contribution in [2.75, 3.05) is 0 Å². The maximum atomic E-state index is 12.3. The summed E-state index contributed by atoms with van der Waals surface area (Å²) in [6.45, 7) is 1.93. The molecule has 1 heterocycles. The van der Waals surface area contributed by atoms with Crippen molar-refractivity contribution >= 4 is 22.8 Å². The summed E-state index contributed by atoms with van der Waals surface area (Å²) in [5.74, 6) is -0.972. The van der Waals surface area contributed by atoms with Gasteiger partial charge in [-0.3, -0.25) is 9.59 Å². The third kappa shape index (κ3) is 5.51. The number of nitrogens with one attached hydrogen (secondary N) is 2. The molecule has 1 amide bonds. The van der Waals surface area contributed by atoms with E-state index in [1.807, 2.05) is 25.1 Å². The number of hydrogen-bond acceptors (Lipinski definition) is 5. The minimum Gasteiger partial charge on any atom is -0.550 e. The third-order valence-corrected chi connectivity index (χ3v) is 4.67. The standard InChI is InChI=1S/C22H23N3O4/c1-14-9-11-15(12-10-14)18(13-21(27)28)24-20(26)8-4-7-19-23-17-6-3-2-5-16(17)22(29)25-19/h2-3,5-6,9-12,18H,4,7-8,13H2,1H3,(H,24,26)(H,27,28)(H,23,25,29)/p-1/t18-/m1/s1. The summed E-state index contributed by atoms with van der Waals surface area (Å²) in [6, 6.07) is 13.8. The van der Waals surface area contributed by atoms with Gasteiger partial charge in [0.15, 0.2) is 0 Å². The smallest absolute Gasteiger partial charge is 0.258 e. The zero-order chi connectivity index (χ0) is 20.8. The molecule has 0 aliphatic rings. The van der Waals surface area contributed by atoms with Gasteiger partial charge < -0.3 is 20.2 Å². The average Bonchev–Trinajstić information content (AvgIpc) is 2.68. The molecular formula is C22H22N3O4-. The van der Waals surface area contributed by atoms with Crippen molar-refractivity contribution in [1.82, 2.24) is 15.3 Å². The van der Waals surface area contributed by atoms with E-state index < -0.39 is 12.0 Å². The Labute approximate surface area is 167 Å². The molecule has 0 bridgehead atoms. The Morgan fingerprint density at radius 1 is 1.14 bits per heavy atom. The van der Waals surface area contributed by atoms with Crippen LogP contribution in [0.1, 0.15) is 42.3 Å². The number of amides is 1. The number of benzene rings is 2. The first kappa shape index (κ1) is 20.3. The first-order chi connectivity index (χ1) is 13.9. The fraction of sp³-hybridized carbons (Fsp3) is 0.273. The number of carbonyl (C=O) groups is 2. The molecule has 29 heavy (non-hydrogen) atoms. The first-order valence-corrected chi connectivity index (χ1v) is 9.46. The van der Waals surface area contributed by atoms with Crippen LogP contribution in [0.15, 0.2) is 53.3 Å². The van der Waals surface area contributed by atoms with Crippen LogP contribution in [0.2, 0.25) is 0 Å². The molecule has 0 fully saturated rings. The Morgan fingerprint density at radius 3 is 2.59 bits per heavy atom. The van der Waals surface area contributed by atoms with Crippen LogP contribution in [-0.2, 0) is 16.0 Å². The number of aromatic nitrogens is 2. The van der Waals surface area contributed by atoms with E-state index in [2.05, 4.69) is 15.3 Å². The van der Waals surface area contributed by atoms with Gasteiger partial charge >= 0.3 is 0 Å². The molecule has 0 saturated heterocycles. The van der Waals surface area contributed by atoms with E-state index in [1.165, 1.54) is 0 Å². The molecule has 7 heteroatoms. The van der Waals surface area contributed by atoms with Crippen LogP contribution in [-0.4, -0.2) is 21.8 Å². The van der Waals surface area contributed by atoms with Crippen molar-refractivity contribution in [2.24, 2.45) is 0 Å². The SMILES string of the molecule is Cc1ccc([C@@H](CC(=O)[O-])NC(=O)CCCc2nc3ccccc3c(=O)[nH]2)cc1. The Balaban J connectivity index is 1.60. The summed E-state index contributed by atoms with van der Waals surface area (Å²) >= 11 is 0. The summed E-state index contributed by atoms with van der Waals surface area (Å²) in [4.78, 5) is 42.6. The maximum Gasteiger partial charge on any atom is 0.258 e. The fourth-order valence-corrected chi connectivity index (χ4v) is 3.15. The Hall–Kier alpha value is -3.48. The molecule has 2 aromatic carbocycles. The third-order valence-electron chi connectivity index (χ3n) is 4.67. The van der Waals surface area contributed by atoms with Crippen LogP contribution < -0.4 is 16.0 Å². The number of H-pyrrole nitrogens is 1. The topological polar surface area (TPSA) is 115 Å². The molecule has 1 atom stereocenters. The second-order valence-electron chi connectivity index (χ2n) is 6.99. The Kier molecular flexibility index (Phi) is 6.39. The van der Waals surface area contributed by atoms with Crippen molar-refractivity contribution < 1.29 is 14.7 Å². The second kappa shape index (κ2) is 9.14. The predicted molar refractivity (Wildman–Crippen MR) is 107 cm³/mol. The van der Waals surface area contributed by atoms with Crippen LogP contribution in [0, 0.1) is 6.92 Å². The number of aryl methyl sites for hydroxylation is 2. The zero-order valence-electron chi connectivity index (χ0n) is 16.1. The number of carbonyl (C=O) groups excluding carboxylic acids is 2.